The van der Waals surface area contributed by atoms with Crippen LogP contribution in [0.25, 0.3) is 0 Å². The van der Waals surface area contributed by atoms with Crippen LogP contribution >= 0.6 is 0 Å². The van der Waals surface area contributed by atoms with Gasteiger partial charge in [-0.15, -0.1) is 0 Å². The maximum Gasteiger partial charge on any atom is 0.475 e. The lowest BCUT2D eigenvalue weighted by molar-refractivity contribution is -0.333. The quantitative estimate of drug-likeness (QED) is 0.567. The lowest BCUT2D eigenvalue weighted by Gasteiger charge is -2.38. The predicted molar refractivity (Wildman–Crippen MR) is 47.7 cm³/mol. The van der Waals surface area contributed by atoms with Crippen molar-refractivity contribution in [1.29, 1.82) is 0 Å². The van der Waals surface area contributed by atoms with E-state index in [2.05, 4.69) is 10.5 Å². The summed E-state index contributed by atoms with van der Waals surface area (Å²) < 4.78 is 62.7. The summed E-state index contributed by atoms with van der Waals surface area (Å²) in [5, 5.41) is 3.26. The van der Waals surface area contributed by atoms with Crippen LogP contribution in [0.5, 0.6) is 0 Å². The molecule has 1 aliphatic heterocycles. The van der Waals surface area contributed by atoms with Crippen molar-refractivity contribution in [2.75, 3.05) is 0 Å². The highest BCUT2D eigenvalue weighted by molar-refractivity contribution is 5.58. The summed E-state index contributed by atoms with van der Waals surface area (Å²) in [4.78, 5) is -0.104. The molecule has 16 heavy (non-hydrogen) atoms. The molecule has 3 nitrogen and oxygen atoms in total. The molecule has 0 saturated carbocycles. The van der Waals surface area contributed by atoms with Crippen LogP contribution in [-0.4, -0.2) is 29.6 Å². The van der Waals surface area contributed by atoms with Gasteiger partial charge in [-0.2, -0.15) is 27.1 Å². The van der Waals surface area contributed by atoms with E-state index in [1.807, 2.05) is 0 Å². The third kappa shape index (κ3) is 2.05. The van der Waals surface area contributed by atoms with E-state index in [1.54, 1.807) is 20.8 Å². The molecule has 0 saturated heterocycles. The largest absolute Gasteiger partial charge is 0.475 e. The minimum absolute atomic E-state index is 0.104. The zero-order valence-electron chi connectivity index (χ0n) is 8.94. The number of nitrogens with one attached hydrogen (secondary N) is 1. The molecule has 0 aromatic carbocycles. The first-order valence-electron chi connectivity index (χ1n) is 4.49. The molecule has 0 aliphatic carbocycles. The molecule has 1 atom stereocenters. The summed E-state index contributed by atoms with van der Waals surface area (Å²) in [7, 11) is 0. The van der Waals surface area contributed by atoms with Crippen molar-refractivity contribution in [2.24, 2.45) is 10.5 Å². The van der Waals surface area contributed by atoms with Crippen LogP contribution in [0.2, 0.25) is 0 Å². The Morgan fingerprint density at radius 1 is 1.12 bits per heavy atom. The Kier molecular flexibility index (Phi) is 2.81. The molecule has 8 heteroatoms. The summed E-state index contributed by atoms with van der Waals surface area (Å²) in [6.45, 7) is 4.62. The molecule has 1 N–H and O–H groups in total. The van der Waals surface area contributed by atoms with Gasteiger partial charge in [0.1, 0.15) is 12.5 Å². The van der Waals surface area contributed by atoms with E-state index in [9.17, 15) is 22.0 Å². The van der Waals surface area contributed by atoms with E-state index in [-0.39, 0.29) is 4.90 Å². The fourth-order valence-corrected chi connectivity index (χ4v) is 1.29. The van der Waals surface area contributed by atoms with E-state index in [0.717, 1.165) is 0 Å². The summed E-state index contributed by atoms with van der Waals surface area (Å²) in [5.41, 5.74) is 1.43. The van der Waals surface area contributed by atoms with Gasteiger partial charge in [0.15, 0.2) is 0 Å². The standard InChI is InChI=1S/C8H12F5N3/c1-6(2,3)5-15-14-4-16(5)8(12,13)7(9,10)11/h4-5,15H,1-3H3. The minimum Gasteiger partial charge on any atom is -0.286 e. The van der Waals surface area contributed by atoms with Gasteiger partial charge >= 0.3 is 12.2 Å². The zero-order chi connectivity index (χ0) is 12.8. The van der Waals surface area contributed by atoms with Crippen LogP contribution in [0.4, 0.5) is 22.0 Å². The smallest absolute Gasteiger partial charge is 0.286 e. The van der Waals surface area contributed by atoms with Crippen LogP contribution in [0.1, 0.15) is 20.8 Å². The van der Waals surface area contributed by atoms with Gasteiger partial charge < -0.3 is 0 Å². The van der Waals surface area contributed by atoms with Crippen LogP contribution in [-0.2, 0) is 0 Å². The maximum absolute atomic E-state index is 13.1. The molecule has 0 spiro atoms. The maximum atomic E-state index is 13.1. The van der Waals surface area contributed by atoms with Gasteiger partial charge in [0.05, 0.1) is 0 Å². The Morgan fingerprint density at radius 2 is 1.62 bits per heavy atom. The highest BCUT2D eigenvalue weighted by Crippen LogP contribution is 2.41. The molecule has 1 unspecified atom stereocenters. The van der Waals surface area contributed by atoms with Crippen LogP contribution < -0.4 is 5.43 Å². The molecule has 0 aromatic heterocycles. The van der Waals surface area contributed by atoms with Crippen molar-refractivity contribution < 1.29 is 22.0 Å². The summed E-state index contributed by atoms with van der Waals surface area (Å²) >= 11 is 0. The molecule has 0 aromatic rings. The third-order valence-corrected chi connectivity index (χ3v) is 2.14. The average Bonchev–Trinajstić information content (AvgIpc) is 2.47. The fraction of sp³-hybridized carbons (Fsp3) is 0.875. The molecule has 1 aliphatic rings. The third-order valence-electron chi connectivity index (χ3n) is 2.14. The first-order valence-corrected chi connectivity index (χ1v) is 4.49. The number of hydrogen-bond donors (Lipinski definition) is 1. The van der Waals surface area contributed by atoms with Crippen LogP contribution in [0.3, 0.4) is 0 Å². The topological polar surface area (TPSA) is 27.6 Å². The second-order valence-corrected chi connectivity index (χ2v) is 4.59. The number of nitrogens with zero attached hydrogens (tertiary/aromatic N) is 2. The van der Waals surface area contributed by atoms with Gasteiger partial charge in [-0.05, 0) is 0 Å². The molecule has 0 fully saturated rings. The number of hydrogen-bond acceptors (Lipinski definition) is 3. The Balaban J connectivity index is 3.00. The molecule has 1 heterocycles. The summed E-state index contributed by atoms with van der Waals surface area (Å²) in [5.74, 6) is 0. The van der Waals surface area contributed by atoms with E-state index in [4.69, 9.17) is 0 Å². The van der Waals surface area contributed by atoms with Crippen molar-refractivity contribution in [3.05, 3.63) is 0 Å². The zero-order valence-corrected chi connectivity index (χ0v) is 8.94. The van der Waals surface area contributed by atoms with Crippen molar-refractivity contribution in [1.82, 2.24) is 10.3 Å². The summed E-state index contributed by atoms with van der Waals surface area (Å²) in [6.07, 6.45) is -6.36. The van der Waals surface area contributed by atoms with Gasteiger partial charge in [0.25, 0.3) is 0 Å². The van der Waals surface area contributed by atoms with E-state index >= 15 is 0 Å². The first kappa shape index (κ1) is 13.0. The number of rotatable bonds is 1. The number of halogens is 5. The SMILES string of the molecule is CC(C)(C)C1NN=CN1C(F)(F)C(F)(F)F. The lowest BCUT2D eigenvalue weighted by atomic mass is 9.91. The minimum atomic E-state index is -5.63. The van der Waals surface area contributed by atoms with Crippen molar-refractivity contribution in [3.63, 3.8) is 0 Å². The highest BCUT2D eigenvalue weighted by Gasteiger charge is 2.64. The molecule has 0 radical (unpaired) electrons. The predicted octanol–water partition coefficient (Wildman–Crippen LogP) is 2.36. The van der Waals surface area contributed by atoms with E-state index < -0.39 is 23.8 Å². The van der Waals surface area contributed by atoms with Crippen molar-refractivity contribution >= 4 is 6.34 Å². The van der Waals surface area contributed by atoms with Gasteiger partial charge in [0.2, 0.25) is 0 Å². The number of hydrazone groups is 1. The lowest BCUT2D eigenvalue weighted by Crippen LogP contribution is -2.59. The molecule has 0 bridgehead atoms. The highest BCUT2D eigenvalue weighted by atomic mass is 19.4. The van der Waals surface area contributed by atoms with Gasteiger partial charge in [-0.1, -0.05) is 20.8 Å². The second-order valence-electron chi connectivity index (χ2n) is 4.59. The van der Waals surface area contributed by atoms with Gasteiger partial charge in [-0.25, -0.2) is 0 Å². The molecule has 94 valence electrons. The van der Waals surface area contributed by atoms with Gasteiger partial charge in [-0.3, -0.25) is 10.3 Å². The molecular weight excluding hydrogens is 233 g/mol. The average molecular weight is 245 g/mol. The Hall–Kier alpha value is -1.08. The number of alkyl halides is 5. The van der Waals surface area contributed by atoms with E-state index in [0.29, 0.717) is 6.34 Å². The van der Waals surface area contributed by atoms with Crippen LogP contribution in [0.15, 0.2) is 5.10 Å². The molecular formula is C8H12F5N3. The normalized spacial score (nSPS) is 22.5. The molecule has 1 rings (SSSR count). The second kappa shape index (κ2) is 3.46. The van der Waals surface area contributed by atoms with Crippen LogP contribution in [0, 0.1) is 5.41 Å². The Bertz CT molecular complexity index is 291. The van der Waals surface area contributed by atoms with Crippen molar-refractivity contribution in [3.8, 4) is 0 Å². The van der Waals surface area contributed by atoms with E-state index in [1.165, 1.54) is 0 Å². The first-order chi connectivity index (χ1) is 6.98. The molecule has 0 amide bonds. The Morgan fingerprint density at radius 3 is 2.00 bits per heavy atom. The van der Waals surface area contributed by atoms with Crippen molar-refractivity contribution in [2.45, 2.75) is 39.2 Å². The van der Waals surface area contributed by atoms with Gasteiger partial charge in [0, 0.05) is 5.41 Å². The fourth-order valence-electron chi connectivity index (χ4n) is 1.29. The monoisotopic (exact) mass is 245 g/mol. The summed E-state index contributed by atoms with van der Waals surface area (Å²) in [6, 6.07) is -4.93. The Labute approximate surface area is 89.3 Å².